The van der Waals surface area contributed by atoms with Crippen LogP contribution in [-0.2, 0) is 0 Å². The second-order valence-corrected chi connectivity index (χ2v) is 6.93. The summed E-state index contributed by atoms with van der Waals surface area (Å²) in [5.41, 5.74) is 3.20. The maximum absolute atomic E-state index is 11.1. The van der Waals surface area contributed by atoms with Gasteiger partial charge in [0.15, 0.2) is 0 Å². The van der Waals surface area contributed by atoms with Gasteiger partial charge in [-0.25, -0.2) is 0 Å². The van der Waals surface area contributed by atoms with Crippen LogP contribution in [0.25, 0.3) is 24.3 Å². The number of nitro benzene ring substituents is 2. The van der Waals surface area contributed by atoms with Crippen LogP contribution < -0.4 is 4.90 Å². The van der Waals surface area contributed by atoms with Crippen molar-refractivity contribution in [1.82, 2.24) is 4.98 Å². The van der Waals surface area contributed by atoms with E-state index in [1.807, 2.05) is 67.5 Å². The summed E-state index contributed by atoms with van der Waals surface area (Å²) in [6.07, 6.45) is 9.01. The number of nitrogens with zero attached hydrogens (tertiary/aromatic N) is 4. The van der Waals surface area contributed by atoms with Crippen LogP contribution in [0.2, 0.25) is 0 Å². The van der Waals surface area contributed by atoms with Crippen molar-refractivity contribution in [1.29, 1.82) is 0 Å². The Balaban J connectivity index is 1.70. The third kappa shape index (κ3) is 5.60. The van der Waals surface area contributed by atoms with E-state index >= 15 is 0 Å². The number of pyridine rings is 1. The molecule has 0 unspecified atom stereocenters. The van der Waals surface area contributed by atoms with Crippen molar-refractivity contribution >= 4 is 41.4 Å². The van der Waals surface area contributed by atoms with Crippen molar-refractivity contribution in [2.75, 3.05) is 19.0 Å². The summed E-state index contributed by atoms with van der Waals surface area (Å²) >= 11 is 0. The van der Waals surface area contributed by atoms with Gasteiger partial charge in [0.1, 0.15) is 0 Å². The predicted molar refractivity (Wildman–Crippen MR) is 123 cm³/mol. The average Bonchev–Trinajstić information content (AvgIpc) is 2.77. The SMILES string of the molecule is CN(C)c1ccc(/C=C/c2ccc(/C=C/c3ccc([N+](=O)[O-])c([N+](=O)[O-])c3)nc2)cc1. The zero-order chi connectivity index (χ0) is 22.4. The monoisotopic (exact) mass is 416 g/mol. The molecule has 8 heteroatoms. The lowest BCUT2D eigenvalue weighted by Gasteiger charge is -2.11. The molecule has 0 aliphatic carbocycles. The molecule has 0 saturated carbocycles. The summed E-state index contributed by atoms with van der Waals surface area (Å²) in [5, 5.41) is 22.0. The van der Waals surface area contributed by atoms with Crippen molar-refractivity contribution in [3.05, 3.63) is 103 Å². The van der Waals surface area contributed by atoms with Crippen LogP contribution in [0.3, 0.4) is 0 Å². The van der Waals surface area contributed by atoms with Gasteiger partial charge >= 0.3 is 11.4 Å². The first-order valence-electron chi connectivity index (χ1n) is 9.36. The lowest BCUT2D eigenvalue weighted by atomic mass is 10.1. The highest BCUT2D eigenvalue weighted by molar-refractivity contribution is 5.73. The largest absolute Gasteiger partial charge is 0.378 e. The Morgan fingerprint density at radius 3 is 1.90 bits per heavy atom. The molecule has 31 heavy (non-hydrogen) atoms. The first-order chi connectivity index (χ1) is 14.8. The molecule has 0 fully saturated rings. The molecule has 3 aromatic rings. The maximum Gasteiger partial charge on any atom is 0.346 e. The van der Waals surface area contributed by atoms with Crippen molar-refractivity contribution in [3.8, 4) is 0 Å². The Kier molecular flexibility index (Phi) is 6.51. The molecule has 0 amide bonds. The minimum Gasteiger partial charge on any atom is -0.378 e. The average molecular weight is 416 g/mol. The fraction of sp³-hybridized carbons (Fsp3) is 0.0870. The normalized spacial score (nSPS) is 11.2. The van der Waals surface area contributed by atoms with Gasteiger partial charge in [-0.3, -0.25) is 25.2 Å². The number of nitro groups is 2. The van der Waals surface area contributed by atoms with E-state index < -0.39 is 21.2 Å². The van der Waals surface area contributed by atoms with Crippen LogP contribution in [-0.4, -0.2) is 28.9 Å². The second-order valence-electron chi connectivity index (χ2n) is 6.93. The van der Waals surface area contributed by atoms with Gasteiger partial charge in [0, 0.05) is 38.1 Å². The van der Waals surface area contributed by atoms with Crippen LogP contribution in [0.4, 0.5) is 17.1 Å². The zero-order valence-corrected chi connectivity index (χ0v) is 17.0. The van der Waals surface area contributed by atoms with E-state index in [1.165, 1.54) is 12.1 Å². The standard InChI is InChI=1S/C23H20N4O4/c1-25(2)21-12-7-17(8-13-21)3-4-19-6-11-20(24-16-19)10-5-18-9-14-22(26(28)29)23(15-18)27(30)31/h3-16H,1-2H3/b4-3+,10-5+. The maximum atomic E-state index is 11.1. The number of benzene rings is 2. The molecule has 156 valence electrons. The van der Waals surface area contributed by atoms with Gasteiger partial charge in [0.05, 0.1) is 15.5 Å². The molecule has 1 heterocycles. The van der Waals surface area contributed by atoms with E-state index in [0.29, 0.717) is 11.3 Å². The molecule has 0 aliphatic rings. The number of hydrogen-bond donors (Lipinski definition) is 0. The number of anilines is 1. The van der Waals surface area contributed by atoms with Crippen molar-refractivity contribution in [2.24, 2.45) is 0 Å². The molecule has 0 radical (unpaired) electrons. The van der Waals surface area contributed by atoms with E-state index in [1.54, 1.807) is 18.3 Å². The Hall–Kier alpha value is -4.33. The first-order valence-corrected chi connectivity index (χ1v) is 9.36. The summed E-state index contributed by atoms with van der Waals surface area (Å²) < 4.78 is 0. The Bertz CT molecular complexity index is 1150. The summed E-state index contributed by atoms with van der Waals surface area (Å²) in [4.78, 5) is 26.8. The highest BCUT2D eigenvalue weighted by Gasteiger charge is 2.23. The first kappa shape index (κ1) is 21.4. The molecular weight excluding hydrogens is 396 g/mol. The van der Waals surface area contributed by atoms with Gasteiger partial charge in [-0.2, -0.15) is 0 Å². The van der Waals surface area contributed by atoms with E-state index in [0.717, 1.165) is 22.9 Å². The minimum atomic E-state index is -0.768. The van der Waals surface area contributed by atoms with Crippen molar-refractivity contribution in [3.63, 3.8) is 0 Å². The van der Waals surface area contributed by atoms with Crippen LogP contribution in [0.15, 0.2) is 60.8 Å². The van der Waals surface area contributed by atoms with E-state index in [4.69, 9.17) is 0 Å². The fourth-order valence-electron chi connectivity index (χ4n) is 2.82. The number of aromatic nitrogens is 1. The highest BCUT2D eigenvalue weighted by Crippen LogP contribution is 2.28. The summed E-state index contributed by atoms with van der Waals surface area (Å²) in [6.45, 7) is 0. The Morgan fingerprint density at radius 2 is 1.32 bits per heavy atom. The van der Waals surface area contributed by atoms with Gasteiger partial charge in [-0.05, 0) is 47.0 Å². The van der Waals surface area contributed by atoms with Gasteiger partial charge in [0.25, 0.3) is 0 Å². The molecule has 1 aromatic heterocycles. The molecule has 2 aromatic carbocycles. The molecule has 8 nitrogen and oxygen atoms in total. The second kappa shape index (κ2) is 9.45. The lowest BCUT2D eigenvalue weighted by Crippen LogP contribution is -2.07. The molecule has 0 bridgehead atoms. The molecule has 0 N–H and O–H groups in total. The van der Waals surface area contributed by atoms with E-state index in [2.05, 4.69) is 4.98 Å². The zero-order valence-electron chi connectivity index (χ0n) is 17.0. The Labute approximate surface area is 179 Å². The number of hydrogen-bond acceptors (Lipinski definition) is 6. The molecule has 0 aliphatic heterocycles. The van der Waals surface area contributed by atoms with Crippen LogP contribution in [0.5, 0.6) is 0 Å². The highest BCUT2D eigenvalue weighted by atomic mass is 16.6. The fourth-order valence-corrected chi connectivity index (χ4v) is 2.82. The van der Waals surface area contributed by atoms with Crippen LogP contribution in [0.1, 0.15) is 22.4 Å². The smallest absolute Gasteiger partial charge is 0.346 e. The molecular formula is C23H20N4O4. The number of rotatable bonds is 7. The molecule has 0 atom stereocenters. The predicted octanol–water partition coefficient (Wildman–Crippen LogP) is 5.30. The third-order valence-electron chi connectivity index (χ3n) is 4.53. The van der Waals surface area contributed by atoms with Crippen LogP contribution >= 0.6 is 0 Å². The van der Waals surface area contributed by atoms with Gasteiger partial charge in [-0.1, -0.05) is 36.4 Å². The Morgan fingerprint density at radius 1 is 0.742 bits per heavy atom. The molecule has 0 saturated heterocycles. The summed E-state index contributed by atoms with van der Waals surface area (Å²) in [5.74, 6) is 0. The topological polar surface area (TPSA) is 102 Å². The summed E-state index contributed by atoms with van der Waals surface area (Å²) in [7, 11) is 3.99. The molecule has 0 spiro atoms. The summed E-state index contributed by atoms with van der Waals surface area (Å²) in [6, 6.07) is 15.7. The van der Waals surface area contributed by atoms with Gasteiger partial charge < -0.3 is 4.90 Å². The van der Waals surface area contributed by atoms with Crippen LogP contribution in [0, 0.1) is 20.2 Å². The quantitative estimate of drug-likeness (QED) is 0.382. The minimum absolute atomic E-state index is 0.476. The molecule has 3 rings (SSSR count). The van der Waals surface area contributed by atoms with Gasteiger partial charge in [0.2, 0.25) is 0 Å². The van der Waals surface area contributed by atoms with Crippen molar-refractivity contribution in [2.45, 2.75) is 0 Å². The van der Waals surface area contributed by atoms with Gasteiger partial charge in [-0.15, -0.1) is 0 Å². The third-order valence-corrected chi connectivity index (χ3v) is 4.53. The lowest BCUT2D eigenvalue weighted by molar-refractivity contribution is -0.422. The van der Waals surface area contributed by atoms with E-state index in [-0.39, 0.29) is 0 Å². The van der Waals surface area contributed by atoms with E-state index in [9.17, 15) is 20.2 Å². The van der Waals surface area contributed by atoms with Crippen molar-refractivity contribution < 1.29 is 9.85 Å².